The number of benzene rings is 2. The van der Waals surface area contributed by atoms with E-state index in [-0.39, 0.29) is 12.3 Å². The highest BCUT2D eigenvalue weighted by molar-refractivity contribution is 6.07. The summed E-state index contributed by atoms with van der Waals surface area (Å²) in [5.41, 5.74) is 1.63. The largest absolute Gasteiger partial charge is 0.497 e. The number of methoxy groups -OCH3 is 1. The van der Waals surface area contributed by atoms with E-state index < -0.39 is 0 Å². The smallest absolute Gasteiger partial charge is 0.182 e. The fourth-order valence-corrected chi connectivity index (χ4v) is 3.13. The summed E-state index contributed by atoms with van der Waals surface area (Å²) in [6.45, 7) is 3.63. The highest BCUT2D eigenvalue weighted by Crippen LogP contribution is 2.23. The van der Waals surface area contributed by atoms with Crippen molar-refractivity contribution in [1.82, 2.24) is 0 Å². The third-order valence-electron chi connectivity index (χ3n) is 4.59. The van der Waals surface area contributed by atoms with Gasteiger partial charge in [-0.2, -0.15) is 0 Å². The predicted octanol–water partition coefficient (Wildman–Crippen LogP) is 4.37. The molecule has 2 aromatic carbocycles. The first kappa shape index (κ1) is 19.0. The van der Waals surface area contributed by atoms with Crippen molar-refractivity contribution in [2.75, 3.05) is 31.7 Å². The van der Waals surface area contributed by atoms with Gasteiger partial charge in [0.05, 0.1) is 20.3 Å². The second-order valence-electron chi connectivity index (χ2n) is 6.42. The Kier molecular flexibility index (Phi) is 6.47. The Hall–Kier alpha value is -2.82. The van der Waals surface area contributed by atoms with E-state index in [2.05, 4.69) is 4.99 Å². The van der Waals surface area contributed by atoms with E-state index in [1.54, 1.807) is 7.11 Å². The number of carbonyl (C=O) groups is 1. The van der Waals surface area contributed by atoms with E-state index in [1.807, 2.05) is 60.4 Å². The van der Waals surface area contributed by atoms with Crippen molar-refractivity contribution in [2.45, 2.75) is 26.2 Å². The van der Waals surface area contributed by atoms with Gasteiger partial charge in [-0.05, 0) is 68.3 Å². The van der Waals surface area contributed by atoms with Crippen molar-refractivity contribution in [3.05, 3.63) is 54.1 Å². The number of nitrogens with zero attached hydrogens (tertiary/aromatic N) is 2. The average molecular weight is 366 g/mol. The highest BCUT2D eigenvalue weighted by Gasteiger charge is 2.20. The van der Waals surface area contributed by atoms with E-state index in [9.17, 15) is 4.79 Å². The fourth-order valence-electron chi connectivity index (χ4n) is 3.13. The number of ketones is 1. The molecule has 1 heterocycles. The number of rotatable bonds is 7. The average Bonchev–Trinajstić information content (AvgIpc) is 2.73. The van der Waals surface area contributed by atoms with E-state index in [4.69, 9.17) is 9.47 Å². The second-order valence-corrected chi connectivity index (χ2v) is 6.42. The normalized spacial score (nSPS) is 13.6. The molecule has 0 saturated carbocycles. The van der Waals surface area contributed by atoms with Crippen LogP contribution in [0.15, 0.2) is 53.5 Å². The van der Waals surface area contributed by atoms with Crippen LogP contribution in [0.1, 0.15) is 36.5 Å². The summed E-state index contributed by atoms with van der Waals surface area (Å²) >= 11 is 0. The molecule has 5 heteroatoms. The standard InChI is InChI=1S/C22H26N2O3/c1-3-27-20-11-7-17(8-12-20)21(25)16-24(22-6-4-5-15-23-22)18-9-13-19(26-2)14-10-18/h7-14H,3-6,15-16H2,1-2H3. The zero-order valence-corrected chi connectivity index (χ0v) is 16.0. The van der Waals surface area contributed by atoms with Crippen molar-refractivity contribution in [3.63, 3.8) is 0 Å². The molecule has 0 radical (unpaired) electrons. The lowest BCUT2D eigenvalue weighted by molar-refractivity contribution is 0.100. The van der Waals surface area contributed by atoms with Gasteiger partial charge in [-0.1, -0.05) is 0 Å². The van der Waals surface area contributed by atoms with Gasteiger partial charge in [0, 0.05) is 24.2 Å². The number of aliphatic imine (C=N–C) groups is 1. The van der Waals surface area contributed by atoms with E-state index >= 15 is 0 Å². The SMILES string of the molecule is CCOc1ccc(C(=O)CN(C2=NCCCC2)c2ccc(OC)cc2)cc1. The molecule has 0 aliphatic carbocycles. The molecule has 0 amide bonds. The summed E-state index contributed by atoms with van der Waals surface area (Å²) in [4.78, 5) is 19.6. The Morgan fingerprint density at radius 3 is 2.33 bits per heavy atom. The molecule has 27 heavy (non-hydrogen) atoms. The molecule has 3 rings (SSSR count). The number of anilines is 1. The molecule has 0 unspecified atom stereocenters. The minimum atomic E-state index is 0.0575. The summed E-state index contributed by atoms with van der Waals surface area (Å²) in [7, 11) is 1.65. The van der Waals surface area contributed by atoms with Crippen molar-refractivity contribution >= 4 is 17.3 Å². The van der Waals surface area contributed by atoms with Crippen molar-refractivity contribution < 1.29 is 14.3 Å². The third-order valence-corrected chi connectivity index (χ3v) is 4.59. The van der Waals surface area contributed by atoms with Gasteiger partial charge >= 0.3 is 0 Å². The molecule has 0 atom stereocenters. The lowest BCUT2D eigenvalue weighted by Gasteiger charge is -2.28. The zero-order chi connectivity index (χ0) is 19.1. The number of Topliss-reactive ketones (excluding diaryl/α,β-unsaturated/α-hetero) is 1. The Balaban J connectivity index is 1.81. The number of hydrogen-bond acceptors (Lipinski definition) is 5. The Bertz CT molecular complexity index is 782. The maximum atomic E-state index is 12.9. The topological polar surface area (TPSA) is 51.1 Å². The molecule has 0 bridgehead atoms. The van der Waals surface area contributed by atoms with E-state index in [0.717, 1.165) is 48.8 Å². The molecule has 2 aromatic rings. The van der Waals surface area contributed by atoms with Crippen LogP contribution in [0, 0.1) is 0 Å². The lowest BCUT2D eigenvalue weighted by atomic mass is 10.1. The summed E-state index contributed by atoms with van der Waals surface area (Å²) < 4.78 is 10.7. The van der Waals surface area contributed by atoms with Gasteiger partial charge in [-0.25, -0.2) is 0 Å². The summed E-state index contributed by atoms with van der Waals surface area (Å²) in [5.74, 6) is 2.60. The van der Waals surface area contributed by atoms with Crippen LogP contribution in [-0.4, -0.2) is 38.4 Å². The summed E-state index contributed by atoms with van der Waals surface area (Å²) in [6.07, 6.45) is 3.10. The van der Waals surface area contributed by atoms with Gasteiger partial charge in [-0.15, -0.1) is 0 Å². The van der Waals surface area contributed by atoms with E-state index in [1.165, 1.54) is 0 Å². The molecule has 0 fully saturated rings. The minimum Gasteiger partial charge on any atom is -0.497 e. The van der Waals surface area contributed by atoms with Gasteiger partial charge in [0.15, 0.2) is 5.78 Å². The Labute approximate surface area is 160 Å². The Morgan fingerprint density at radius 1 is 1.04 bits per heavy atom. The van der Waals surface area contributed by atoms with Gasteiger partial charge in [0.2, 0.25) is 0 Å². The van der Waals surface area contributed by atoms with Crippen LogP contribution >= 0.6 is 0 Å². The maximum Gasteiger partial charge on any atom is 0.182 e. The van der Waals surface area contributed by atoms with Gasteiger partial charge in [0.1, 0.15) is 17.3 Å². The van der Waals surface area contributed by atoms with Crippen molar-refractivity contribution in [1.29, 1.82) is 0 Å². The van der Waals surface area contributed by atoms with Crippen molar-refractivity contribution in [2.24, 2.45) is 4.99 Å². The fraction of sp³-hybridized carbons (Fsp3) is 0.364. The molecule has 0 N–H and O–H groups in total. The molecule has 0 spiro atoms. The van der Waals surface area contributed by atoms with Gasteiger partial charge in [-0.3, -0.25) is 9.79 Å². The number of ether oxygens (including phenoxy) is 2. The van der Waals surface area contributed by atoms with Gasteiger partial charge < -0.3 is 14.4 Å². The lowest BCUT2D eigenvalue weighted by Crippen LogP contribution is -2.37. The first-order chi connectivity index (χ1) is 13.2. The van der Waals surface area contributed by atoms with Crippen LogP contribution in [0.4, 0.5) is 5.69 Å². The van der Waals surface area contributed by atoms with Crippen LogP contribution in [0.5, 0.6) is 11.5 Å². The predicted molar refractivity (Wildman–Crippen MR) is 108 cm³/mol. The quantitative estimate of drug-likeness (QED) is 0.683. The maximum absolute atomic E-state index is 12.9. The van der Waals surface area contributed by atoms with Crippen LogP contribution in [0.2, 0.25) is 0 Å². The molecule has 0 saturated heterocycles. The molecule has 0 aromatic heterocycles. The summed E-state index contributed by atoms with van der Waals surface area (Å²) in [6, 6.07) is 15.1. The monoisotopic (exact) mass is 366 g/mol. The number of amidine groups is 1. The molecule has 1 aliphatic rings. The van der Waals surface area contributed by atoms with E-state index in [0.29, 0.717) is 12.2 Å². The molecular formula is C22H26N2O3. The molecular weight excluding hydrogens is 340 g/mol. The van der Waals surface area contributed by atoms with Crippen molar-refractivity contribution in [3.8, 4) is 11.5 Å². The minimum absolute atomic E-state index is 0.0575. The molecule has 1 aliphatic heterocycles. The van der Waals surface area contributed by atoms with Crippen LogP contribution in [-0.2, 0) is 0 Å². The van der Waals surface area contributed by atoms with Crippen LogP contribution in [0.3, 0.4) is 0 Å². The molecule has 142 valence electrons. The zero-order valence-electron chi connectivity index (χ0n) is 16.0. The number of carbonyl (C=O) groups excluding carboxylic acids is 1. The number of hydrogen-bond donors (Lipinski definition) is 0. The highest BCUT2D eigenvalue weighted by atomic mass is 16.5. The molecule has 5 nitrogen and oxygen atoms in total. The second kappa shape index (κ2) is 9.21. The van der Waals surface area contributed by atoms with Crippen LogP contribution < -0.4 is 14.4 Å². The van der Waals surface area contributed by atoms with Crippen LogP contribution in [0.25, 0.3) is 0 Å². The third kappa shape index (κ3) is 4.88. The first-order valence-corrected chi connectivity index (χ1v) is 9.42. The summed E-state index contributed by atoms with van der Waals surface area (Å²) in [5, 5.41) is 0. The Morgan fingerprint density at radius 2 is 1.74 bits per heavy atom. The first-order valence-electron chi connectivity index (χ1n) is 9.42. The van der Waals surface area contributed by atoms with Gasteiger partial charge in [0.25, 0.3) is 0 Å².